The Kier molecular flexibility index (Phi) is 3.51. The zero-order valence-corrected chi connectivity index (χ0v) is 7.05. The van der Waals surface area contributed by atoms with Crippen LogP contribution in [0.4, 0.5) is 0 Å². The highest BCUT2D eigenvalue weighted by Gasteiger charge is 1.86. The quantitative estimate of drug-likeness (QED) is 0.433. The van der Waals surface area contributed by atoms with Gasteiger partial charge in [-0.1, -0.05) is 30.4 Å². The van der Waals surface area contributed by atoms with Crippen molar-refractivity contribution in [1.82, 2.24) is 0 Å². The molecule has 0 aliphatic heterocycles. The van der Waals surface area contributed by atoms with E-state index in [9.17, 15) is 4.79 Å². The number of phenolic OH excluding ortho intramolecular Hbond substituents is 1. The van der Waals surface area contributed by atoms with Gasteiger partial charge in [-0.05, 0) is 23.8 Å². The van der Waals surface area contributed by atoms with E-state index in [1.165, 1.54) is 6.08 Å². The van der Waals surface area contributed by atoms with Gasteiger partial charge in [-0.2, -0.15) is 0 Å². The van der Waals surface area contributed by atoms with Crippen LogP contribution in [0.1, 0.15) is 5.56 Å². The van der Waals surface area contributed by atoms with Gasteiger partial charge in [-0.15, -0.1) is 0 Å². The number of carbonyl (C=O) groups is 1. The SMILES string of the molecule is O=CC=CC=Cc1cccc(O)c1. The highest BCUT2D eigenvalue weighted by Crippen LogP contribution is 2.11. The molecule has 0 atom stereocenters. The molecule has 1 rings (SSSR count). The van der Waals surface area contributed by atoms with Crippen molar-refractivity contribution in [2.24, 2.45) is 0 Å². The van der Waals surface area contributed by atoms with Gasteiger partial charge >= 0.3 is 0 Å². The lowest BCUT2D eigenvalue weighted by molar-refractivity contribution is -0.104. The first-order valence-corrected chi connectivity index (χ1v) is 3.90. The molecular formula is C11H10O2. The molecule has 0 saturated heterocycles. The molecular weight excluding hydrogens is 164 g/mol. The van der Waals surface area contributed by atoms with Gasteiger partial charge in [0.2, 0.25) is 0 Å². The van der Waals surface area contributed by atoms with Crippen LogP contribution in [0, 0.1) is 0 Å². The smallest absolute Gasteiger partial charge is 0.142 e. The van der Waals surface area contributed by atoms with E-state index in [-0.39, 0.29) is 5.75 Å². The average molecular weight is 174 g/mol. The summed E-state index contributed by atoms with van der Waals surface area (Å²) in [5, 5.41) is 9.11. The molecule has 0 bridgehead atoms. The van der Waals surface area contributed by atoms with Gasteiger partial charge in [0.05, 0.1) is 0 Å². The van der Waals surface area contributed by atoms with Gasteiger partial charge in [-0.25, -0.2) is 0 Å². The number of aldehydes is 1. The third-order valence-corrected chi connectivity index (χ3v) is 1.46. The zero-order valence-electron chi connectivity index (χ0n) is 7.05. The zero-order chi connectivity index (χ0) is 9.52. The predicted octanol–water partition coefficient (Wildman–Crippen LogP) is 2.16. The summed E-state index contributed by atoms with van der Waals surface area (Å²) in [5.41, 5.74) is 0.899. The highest BCUT2D eigenvalue weighted by atomic mass is 16.3. The summed E-state index contributed by atoms with van der Waals surface area (Å²) < 4.78 is 0. The van der Waals surface area contributed by atoms with Crippen molar-refractivity contribution in [2.45, 2.75) is 0 Å². The fourth-order valence-corrected chi connectivity index (χ4v) is 0.905. The number of benzene rings is 1. The lowest BCUT2D eigenvalue weighted by atomic mass is 10.2. The first kappa shape index (κ1) is 9.26. The van der Waals surface area contributed by atoms with Gasteiger partial charge in [0.25, 0.3) is 0 Å². The van der Waals surface area contributed by atoms with Crippen LogP contribution in [0.3, 0.4) is 0 Å². The van der Waals surface area contributed by atoms with Crippen LogP contribution >= 0.6 is 0 Å². The van der Waals surface area contributed by atoms with E-state index in [1.54, 1.807) is 36.4 Å². The number of hydrogen-bond donors (Lipinski definition) is 1. The van der Waals surface area contributed by atoms with Crippen molar-refractivity contribution in [3.8, 4) is 5.75 Å². The van der Waals surface area contributed by atoms with Crippen molar-refractivity contribution >= 4 is 12.4 Å². The third-order valence-electron chi connectivity index (χ3n) is 1.46. The van der Waals surface area contributed by atoms with Gasteiger partial charge in [0.15, 0.2) is 0 Å². The number of hydrogen-bond acceptors (Lipinski definition) is 2. The van der Waals surface area contributed by atoms with Crippen LogP contribution in [-0.4, -0.2) is 11.4 Å². The van der Waals surface area contributed by atoms with E-state index >= 15 is 0 Å². The predicted molar refractivity (Wildman–Crippen MR) is 52.3 cm³/mol. The normalized spacial score (nSPS) is 11.1. The third kappa shape index (κ3) is 3.38. The van der Waals surface area contributed by atoms with E-state index in [2.05, 4.69) is 0 Å². The maximum absolute atomic E-state index is 9.91. The Morgan fingerprint density at radius 1 is 1.15 bits per heavy atom. The molecule has 2 heteroatoms. The number of rotatable bonds is 3. The average Bonchev–Trinajstić information content (AvgIpc) is 2.13. The maximum atomic E-state index is 9.91. The molecule has 0 aromatic heterocycles. The van der Waals surface area contributed by atoms with Crippen molar-refractivity contribution in [3.05, 3.63) is 48.1 Å². The van der Waals surface area contributed by atoms with E-state index in [1.807, 2.05) is 6.07 Å². The molecule has 1 N–H and O–H groups in total. The van der Waals surface area contributed by atoms with Crippen molar-refractivity contribution < 1.29 is 9.90 Å². The largest absolute Gasteiger partial charge is 0.508 e. The molecule has 2 nitrogen and oxygen atoms in total. The Morgan fingerprint density at radius 2 is 2.00 bits per heavy atom. The van der Waals surface area contributed by atoms with E-state index in [4.69, 9.17) is 5.11 Å². The first-order chi connectivity index (χ1) is 6.33. The molecule has 1 aromatic rings. The van der Waals surface area contributed by atoms with Gasteiger partial charge < -0.3 is 5.11 Å². The van der Waals surface area contributed by atoms with Crippen molar-refractivity contribution in [1.29, 1.82) is 0 Å². The van der Waals surface area contributed by atoms with Gasteiger partial charge in [-0.3, -0.25) is 4.79 Å². The second-order valence-electron chi connectivity index (χ2n) is 2.48. The topological polar surface area (TPSA) is 37.3 Å². The number of phenols is 1. The number of carbonyl (C=O) groups excluding carboxylic acids is 1. The van der Waals surface area contributed by atoms with Crippen LogP contribution in [0.15, 0.2) is 42.5 Å². The molecule has 0 spiro atoms. The second kappa shape index (κ2) is 4.93. The molecule has 0 aliphatic rings. The summed E-state index contributed by atoms with van der Waals surface area (Å²) in [4.78, 5) is 9.91. The molecule has 0 aliphatic carbocycles. The molecule has 0 saturated carbocycles. The lowest BCUT2D eigenvalue weighted by Crippen LogP contribution is -1.69. The summed E-state index contributed by atoms with van der Waals surface area (Å²) in [6, 6.07) is 6.88. The number of allylic oxidation sites excluding steroid dienone is 3. The minimum Gasteiger partial charge on any atom is -0.508 e. The van der Waals surface area contributed by atoms with Crippen LogP contribution in [0.5, 0.6) is 5.75 Å². The molecule has 0 heterocycles. The standard InChI is InChI=1S/C11H10O2/c12-8-3-1-2-5-10-6-4-7-11(13)9-10/h1-9,13H. The Bertz CT molecular complexity index is 338. The Balaban J connectivity index is 2.68. The van der Waals surface area contributed by atoms with Crippen LogP contribution in [0.25, 0.3) is 6.08 Å². The van der Waals surface area contributed by atoms with Crippen LogP contribution in [-0.2, 0) is 4.79 Å². The minimum atomic E-state index is 0.238. The van der Waals surface area contributed by atoms with E-state index in [0.717, 1.165) is 5.56 Å². The highest BCUT2D eigenvalue weighted by molar-refractivity contribution is 5.66. The minimum absolute atomic E-state index is 0.238. The van der Waals surface area contributed by atoms with Crippen molar-refractivity contribution in [2.75, 3.05) is 0 Å². The van der Waals surface area contributed by atoms with Gasteiger partial charge in [0.1, 0.15) is 12.0 Å². The fraction of sp³-hybridized carbons (Fsp3) is 0. The summed E-state index contributed by atoms with van der Waals surface area (Å²) in [6.45, 7) is 0. The first-order valence-electron chi connectivity index (χ1n) is 3.90. The molecule has 0 amide bonds. The van der Waals surface area contributed by atoms with E-state index < -0.39 is 0 Å². The summed E-state index contributed by atoms with van der Waals surface area (Å²) >= 11 is 0. The maximum Gasteiger partial charge on any atom is 0.142 e. The number of aromatic hydroxyl groups is 1. The van der Waals surface area contributed by atoms with Crippen LogP contribution < -0.4 is 0 Å². The molecule has 0 fully saturated rings. The summed E-state index contributed by atoms with van der Waals surface area (Å²) in [6.07, 6.45) is 7.30. The molecule has 66 valence electrons. The second-order valence-corrected chi connectivity index (χ2v) is 2.48. The van der Waals surface area contributed by atoms with Crippen LogP contribution in [0.2, 0.25) is 0 Å². The summed E-state index contributed by atoms with van der Waals surface area (Å²) in [5.74, 6) is 0.238. The lowest BCUT2D eigenvalue weighted by Gasteiger charge is -1.92. The van der Waals surface area contributed by atoms with Crippen molar-refractivity contribution in [3.63, 3.8) is 0 Å². The van der Waals surface area contributed by atoms with Gasteiger partial charge in [0, 0.05) is 0 Å². The molecule has 1 aromatic carbocycles. The molecule has 13 heavy (non-hydrogen) atoms. The monoisotopic (exact) mass is 174 g/mol. The Labute approximate surface area is 76.8 Å². The Hall–Kier alpha value is -1.83. The Morgan fingerprint density at radius 3 is 2.69 bits per heavy atom. The summed E-state index contributed by atoms with van der Waals surface area (Å²) in [7, 11) is 0. The fourth-order valence-electron chi connectivity index (χ4n) is 0.905. The molecule has 0 unspecified atom stereocenters. The molecule has 0 radical (unpaired) electrons. The van der Waals surface area contributed by atoms with E-state index in [0.29, 0.717) is 6.29 Å².